The molecule has 0 amide bonds. The van der Waals surface area contributed by atoms with Gasteiger partial charge in [0.2, 0.25) is 0 Å². The van der Waals surface area contributed by atoms with Gasteiger partial charge < -0.3 is 5.11 Å². The van der Waals surface area contributed by atoms with Crippen LogP contribution in [0.3, 0.4) is 0 Å². The highest BCUT2D eigenvalue weighted by Gasteiger charge is 2.04. The molecule has 0 saturated carbocycles. The molecule has 2 nitrogen and oxygen atoms in total. The Kier molecular flexibility index (Phi) is 4.23. The van der Waals surface area contributed by atoms with Gasteiger partial charge in [0.25, 0.3) is 0 Å². The lowest BCUT2D eigenvalue weighted by Crippen LogP contribution is -1.88. The Morgan fingerprint density at radius 2 is 1.94 bits per heavy atom. The molecule has 0 radical (unpaired) electrons. The van der Waals surface area contributed by atoms with E-state index in [1.54, 1.807) is 23.5 Å². The van der Waals surface area contributed by atoms with Gasteiger partial charge in [0, 0.05) is 17.6 Å². The van der Waals surface area contributed by atoms with E-state index in [0.717, 1.165) is 35.5 Å². The number of halogens is 1. The van der Waals surface area contributed by atoms with Crippen LogP contribution in [0, 0.1) is 5.82 Å². The molecule has 1 heterocycles. The summed E-state index contributed by atoms with van der Waals surface area (Å²) >= 11 is 1.61. The summed E-state index contributed by atoms with van der Waals surface area (Å²) in [5, 5.41) is 11.8. The van der Waals surface area contributed by atoms with Crippen molar-refractivity contribution in [2.45, 2.75) is 19.3 Å². The van der Waals surface area contributed by atoms with Crippen molar-refractivity contribution in [2.24, 2.45) is 0 Å². The molecule has 17 heavy (non-hydrogen) atoms. The molecule has 1 aromatic heterocycles. The third-order valence-electron chi connectivity index (χ3n) is 2.49. The molecule has 0 atom stereocenters. The van der Waals surface area contributed by atoms with E-state index in [-0.39, 0.29) is 12.4 Å². The molecule has 4 heteroatoms. The number of aliphatic hydroxyl groups excluding tert-OH is 1. The number of hydrogen-bond donors (Lipinski definition) is 1. The fourth-order valence-corrected chi connectivity index (χ4v) is 2.42. The number of nitrogens with zero attached hydrogens (tertiary/aromatic N) is 1. The molecule has 0 bridgehead atoms. The van der Waals surface area contributed by atoms with Gasteiger partial charge in [-0.2, -0.15) is 0 Å². The van der Waals surface area contributed by atoms with Gasteiger partial charge in [-0.25, -0.2) is 9.37 Å². The van der Waals surface area contributed by atoms with Crippen LogP contribution in [0.15, 0.2) is 29.6 Å². The average Bonchev–Trinajstić information content (AvgIpc) is 2.79. The van der Waals surface area contributed by atoms with Gasteiger partial charge in [-0.1, -0.05) is 0 Å². The molecular weight excluding hydrogens is 237 g/mol. The van der Waals surface area contributed by atoms with Gasteiger partial charge in [0.05, 0.1) is 10.7 Å². The lowest BCUT2D eigenvalue weighted by Gasteiger charge is -1.96. The zero-order chi connectivity index (χ0) is 12.1. The number of unbranched alkanes of at least 4 members (excludes halogenated alkanes) is 1. The normalized spacial score (nSPS) is 10.7. The molecule has 0 unspecified atom stereocenters. The van der Waals surface area contributed by atoms with Crippen LogP contribution in [0.25, 0.3) is 11.3 Å². The minimum atomic E-state index is -0.229. The molecule has 0 aliphatic rings. The summed E-state index contributed by atoms with van der Waals surface area (Å²) in [6.07, 6.45) is 2.66. The van der Waals surface area contributed by atoms with Crippen LogP contribution in [0.2, 0.25) is 0 Å². The van der Waals surface area contributed by atoms with Gasteiger partial charge in [0.15, 0.2) is 0 Å². The molecule has 90 valence electrons. The van der Waals surface area contributed by atoms with Crippen molar-refractivity contribution in [1.82, 2.24) is 4.98 Å². The highest BCUT2D eigenvalue weighted by molar-refractivity contribution is 7.09. The minimum Gasteiger partial charge on any atom is -0.396 e. The smallest absolute Gasteiger partial charge is 0.123 e. The van der Waals surface area contributed by atoms with E-state index in [1.807, 2.05) is 5.38 Å². The van der Waals surface area contributed by atoms with Gasteiger partial charge in [-0.15, -0.1) is 11.3 Å². The summed E-state index contributed by atoms with van der Waals surface area (Å²) in [5.74, 6) is -0.229. The summed E-state index contributed by atoms with van der Waals surface area (Å²) in [7, 11) is 0. The highest BCUT2D eigenvalue weighted by atomic mass is 32.1. The van der Waals surface area contributed by atoms with Crippen LogP contribution in [0.4, 0.5) is 4.39 Å². The Balaban J connectivity index is 2.04. The number of hydrogen-bond acceptors (Lipinski definition) is 3. The Labute approximate surface area is 104 Å². The van der Waals surface area contributed by atoms with Crippen LogP contribution >= 0.6 is 11.3 Å². The minimum absolute atomic E-state index is 0.229. The number of benzene rings is 1. The summed E-state index contributed by atoms with van der Waals surface area (Å²) < 4.78 is 12.8. The van der Waals surface area contributed by atoms with E-state index in [9.17, 15) is 4.39 Å². The maximum absolute atomic E-state index is 12.8. The lowest BCUT2D eigenvalue weighted by molar-refractivity contribution is 0.284. The molecule has 0 saturated heterocycles. The Morgan fingerprint density at radius 1 is 1.18 bits per heavy atom. The monoisotopic (exact) mass is 251 g/mol. The van der Waals surface area contributed by atoms with Crippen molar-refractivity contribution in [3.63, 3.8) is 0 Å². The number of rotatable bonds is 5. The van der Waals surface area contributed by atoms with Gasteiger partial charge in [-0.05, 0) is 43.5 Å². The first-order valence-corrected chi connectivity index (χ1v) is 6.49. The van der Waals surface area contributed by atoms with Crippen molar-refractivity contribution in [2.75, 3.05) is 6.61 Å². The maximum atomic E-state index is 12.8. The van der Waals surface area contributed by atoms with Gasteiger partial charge in [-0.3, -0.25) is 0 Å². The maximum Gasteiger partial charge on any atom is 0.123 e. The van der Waals surface area contributed by atoms with Crippen LogP contribution in [0.1, 0.15) is 17.8 Å². The zero-order valence-electron chi connectivity index (χ0n) is 9.40. The fraction of sp³-hybridized carbons (Fsp3) is 0.308. The van der Waals surface area contributed by atoms with Crippen LogP contribution in [-0.2, 0) is 6.42 Å². The predicted octanol–water partition coefficient (Wildman–Crippen LogP) is 3.26. The van der Waals surface area contributed by atoms with Crippen molar-refractivity contribution in [1.29, 1.82) is 0 Å². The Morgan fingerprint density at radius 3 is 2.65 bits per heavy atom. The van der Waals surface area contributed by atoms with Gasteiger partial charge in [0.1, 0.15) is 5.82 Å². The molecule has 2 rings (SSSR count). The molecule has 2 aromatic rings. The van der Waals surface area contributed by atoms with Gasteiger partial charge >= 0.3 is 0 Å². The van der Waals surface area contributed by atoms with E-state index in [4.69, 9.17) is 5.11 Å². The van der Waals surface area contributed by atoms with Crippen molar-refractivity contribution < 1.29 is 9.50 Å². The second-order valence-electron chi connectivity index (χ2n) is 3.81. The fourth-order valence-electron chi connectivity index (χ4n) is 1.57. The lowest BCUT2D eigenvalue weighted by atomic mass is 10.2. The second kappa shape index (κ2) is 5.89. The van der Waals surface area contributed by atoms with Crippen molar-refractivity contribution in [3.05, 3.63) is 40.5 Å². The van der Waals surface area contributed by atoms with E-state index in [1.165, 1.54) is 12.1 Å². The Bertz CT molecular complexity index is 467. The first kappa shape index (κ1) is 12.2. The average molecular weight is 251 g/mol. The van der Waals surface area contributed by atoms with Crippen molar-refractivity contribution >= 4 is 11.3 Å². The third-order valence-corrected chi connectivity index (χ3v) is 3.40. The standard InChI is InChI=1S/C13H14FNOS/c14-11-6-4-10(5-7-11)12-9-17-13(15-12)3-1-2-8-16/h4-7,9,16H,1-3,8H2. The van der Waals surface area contributed by atoms with E-state index in [0.29, 0.717) is 0 Å². The molecule has 0 fully saturated rings. The number of aryl methyl sites for hydroxylation is 1. The second-order valence-corrected chi connectivity index (χ2v) is 4.76. The number of aliphatic hydroxyl groups is 1. The third kappa shape index (κ3) is 3.35. The first-order chi connectivity index (χ1) is 8.29. The molecule has 1 aromatic carbocycles. The SMILES string of the molecule is OCCCCc1nc(-c2ccc(F)cc2)cs1. The molecule has 1 N–H and O–H groups in total. The highest BCUT2D eigenvalue weighted by Crippen LogP contribution is 2.22. The molecule has 0 aliphatic heterocycles. The van der Waals surface area contributed by atoms with E-state index >= 15 is 0 Å². The van der Waals surface area contributed by atoms with E-state index in [2.05, 4.69) is 4.98 Å². The van der Waals surface area contributed by atoms with Crippen molar-refractivity contribution in [3.8, 4) is 11.3 Å². The molecule has 0 spiro atoms. The molecule has 0 aliphatic carbocycles. The number of aromatic nitrogens is 1. The quantitative estimate of drug-likeness (QED) is 0.827. The zero-order valence-corrected chi connectivity index (χ0v) is 10.2. The number of thiazole rings is 1. The largest absolute Gasteiger partial charge is 0.396 e. The topological polar surface area (TPSA) is 33.1 Å². The summed E-state index contributed by atoms with van der Waals surface area (Å²) in [4.78, 5) is 4.50. The summed E-state index contributed by atoms with van der Waals surface area (Å²) in [5.41, 5.74) is 1.84. The van der Waals surface area contributed by atoms with Crippen LogP contribution in [0.5, 0.6) is 0 Å². The predicted molar refractivity (Wildman–Crippen MR) is 67.5 cm³/mol. The van der Waals surface area contributed by atoms with Crippen LogP contribution in [-0.4, -0.2) is 16.7 Å². The molecular formula is C13H14FNOS. The first-order valence-electron chi connectivity index (χ1n) is 5.61. The summed E-state index contributed by atoms with van der Waals surface area (Å²) in [6.45, 7) is 0.232. The van der Waals surface area contributed by atoms with Crippen LogP contribution < -0.4 is 0 Å². The van der Waals surface area contributed by atoms with E-state index < -0.39 is 0 Å². The Hall–Kier alpha value is -1.26. The summed E-state index contributed by atoms with van der Waals surface area (Å²) in [6, 6.07) is 6.37.